The molecule has 1 atom stereocenters. The van der Waals surface area contributed by atoms with Crippen LogP contribution < -0.4 is 5.32 Å². The third-order valence-corrected chi connectivity index (χ3v) is 3.64. The highest BCUT2D eigenvalue weighted by Crippen LogP contribution is 2.24. The lowest BCUT2D eigenvalue weighted by Gasteiger charge is -2.37. The maximum absolute atomic E-state index is 3.69. The lowest BCUT2D eigenvalue weighted by Crippen LogP contribution is -2.47. The molecule has 0 heterocycles. The van der Waals surface area contributed by atoms with E-state index in [9.17, 15) is 0 Å². The Morgan fingerprint density at radius 2 is 1.68 bits per heavy atom. The Labute approximate surface area is 122 Å². The summed E-state index contributed by atoms with van der Waals surface area (Å²) < 4.78 is 0. The van der Waals surface area contributed by atoms with Gasteiger partial charge in [0.25, 0.3) is 0 Å². The van der Waals surface area contributed by atoms with E-state index in [1.807, 2.05) is 0 Å². The van der Waals surface area contributed by atoms with Crippen LogP contribution in [0.1, 0.15) is 67.7 Å². The first-order valence-electron chi connectivity index (χ1n) is 8.01. The number of nitrogens with one attached hydrogen (secondary N) is 1. The van der Waals surface area contributed by atoms with Crippen LogP contribution >= 0.6 is 0 Å². The largest absolute Gasteiger partial charge is 0.311 e. The van der Waals surface area contributed by atoms with Crippen LogP contribution in [0.4, 0.5) is 0 Å². The molecule has 0 fully saturated rings. The molecule has 0 aliphatic rings. The van der Waals surface area contributed by atoms with Gasteiger partial charge in [-0.15, -0.1) is 0 Å². The molecule has 1 unspecified atom stereocenters. The summed E-state index contributed by atoms with van der Waals surface area (Å²) in [5, 5.41) is 3.69. The lowest BCUT2D eigenvalue weighted by molar-refractivity contribution is 0.157. The van der Waals surface area contributed by atoms with Crippen LogP contribution in [0, 0.1) is 11.3 Å². The topological polar surface area (TPSA) is 15.3 Å². The molecule has 0 amide bonds. The molecule has 0 aliphatic heterocycles. The smallest absolute Gasteiger partial charge is 0.00967 e. The number of hydrogen-bond acceptors (Lipinski definition) is 2. The minimum absolute atomic E-state index is 0.214. The van der Waals surface area contributed by atoms with Crippen LogP contribution in [-0.2, 0) is 0 Å². The van der Waals surface area contributed by atoms with E-state index in [1.165, 1.54) is 32.4 Å². The Bertz CT molecular complexity index is 230. The second-order valence-corrected chi connectivity index (χ2v) is 8.08. The summed E-state index contributed by atoms with van der Waals surface area (Å²) in [5.41, 5.74) is 0.596. The molecule has 2 nitrogen and oxygen atoms in total. The Balaban J connectivity index is 4.35. The van der Waals surface area contributed by atoms with Gasteiger partial charge < -0.3 is 10.2 Å². The maximum Gasteiger partial charge on any atom is 0.00967 e. The quantitative estimate of drug-likeness (QED) is 0.677. The van der Waals surface area contributed by atoms with Crippen molar-refractivity contribution in [3.05, 3.63) is 0 Å². The zero-order valence-corrected chi connectivity index (χ0v) is 14.8. The first-order chi connectivity index (χ1) is 8.58. The highest BCUT2D eigenvalue weighted by Gasteiger charge is 2.26. The zero-order valence-electron chi connectivity index (χ0n) is 14.8. The van der Waals surface area contributed by atoms with Crippen LogP contribution in [0.5, 0.6) is 0 Å². The molecular weight excluding hydrogens is 232 g/mol. The van der Waals surface area contributed by atoms with Crippen molar-refractivity contribution in [3.63, 3.8) is 0 Å². The molecule has 0 saturated heterocycles. The number of rotatable bonds is 9. The second kappa shape index (κ2) is 8.26. The molecule has 0 spiro atoms. The van der Waals surface area contributed by atoms with Crippen molar-refractivity contribution in [2.24, 2.45) is 11.3 Å². The van der Waals surface area contributed by atoms with Crippen molar-refractivity contribution in [2.45, 2.75) is 73.3 Å². The van der Waals surface area contributed by atoms with E-state index in [-0.39, 0.29) is 5.54 Å². The van der Waals surface area contributed by atoms with Gasteiger partial charge in [-0.05, 0) is 58.5 Å². The summed E-state index contributed by atoms with van der Waals surface area (Å²) in [6.45, 7) is 19.6. The van der Waals surface area contributed by atoms with E-state index in [4.69, 9.17) is 0 Å². The highest BCUT2D eigenvalue weighted by atomic mass is 15.1. The van der Waals surface area contributed by atoms with E-state index in [0.717, 1.165) is 12.5 Å². The van der Waals surface area contributed by atoms with Gasteiger partial charge in [-0.2, -0.15) is 0 Å². The minimum Gasteiger partial charge on any atom is -0.311 e. The van der Waals surface area contributed by atoms with Crippen LogP contribution in [0.25, 0.3) is 0 Å². The van der Waals surface area contributed by atoms with Gasteiger partial charge in [0, 0.05) is 18.6 Å². The van der Waals surface area contributed by atoms with Crippen LogP contribution in [0.15, 0.2) is 0 Å². The van der Waals surface area contributed by atoms with Gasteiger partial charge in [0.15, 0.2) is 0 Å². The molecule has 0 rings (SSSR count). The molecule has 1 N–H and O–H groups in total. The van der Waals surface area contributed by atoms with Gasteiger partial charge in [-0.25, -0.2) is 0 Å². The summed E-state index contributed by atoms with van der Waals surface area (Å²) in [4.78, 5) is 2.51. The fourth-order valence-electron chi connectivity index (χ4n) is 2.51. The van der Waals surface area contributed by atoms with Gasteiger partial charge in [0.2, 0.25) is 0 Å². The average Bonchev–Trinajstić information content (AvgIpc) is 2.23. The SMILES string of the molecule is CCCC(C)(CNC(C)(C)C)CN(C)CCC(C)C. The van der Waals surface area contributed by atoms with E-state index >= 15 is 0 Å². The fourth-order valence-corrected chi connectivity index (χ4v) is 2.51. The molecule has 0 aromatic carbocycles. The molecular formula is C17H38N2. The third-order valence-electron chi connectivity index (χ3n) is 3.64. The zero-order chi connectivity index (χ0) is 15.1. The number of hydrogen-bond donors (Lipinski definition) is 1. The molecule has 0 aliphatic carbocycles. The highest BCUT2D eigenvalue weighted by molar-refractivity contribution is 4.83. The van der Waals surface area contributed by atoms with Gasteiger partial charge in [0.05, 0.1) is 0 Å². The number of nitrogens with zero attached hydrogens (tertiary/aromatic N) is 1. The van der Waals surface area contributed by atoms with Crippen molar-refractivity contribution in [2.75, 3.05) is 26.7 Å². The van der Waals surface area contributed by atoms with E-state index in [1.54, 1.807) is 0 Å². The predicted molar refractivity (Wildman–Crippen MR) is 87.7 cm³/mol. The summed E-state index contributed by atoms with van der Waals surface area (Å²) in [6.07, 6.45) is 3.86. The van der Waals surface area contributed by atoms with Crippen molar-refractivity contribution in [3.8, 4) is 0 Å². The van der Waals surface area contributed by atoms with Crippen LogP contribution in [0.2, 0.25) is 0 Å². The van der Waals surface area contributed by atoms with E-state index in [2.05, 4.69) is 65.7 Å². The van der Waals surface area contributed by atoms with Crippen LogP contribution in [-0.4, -0.2) is 37.1 Å². The molecule has 0 aromatic rings. The summed E-state index contributed by atoms with van der Waals surface area (Å²) in [7, 11) is 2.27. The predicted octanol–water partition coefficient (Wildman–Crippen LogP) is 4.16. The maximum atomic E-state index is 3.69. The van der Waals surface area contributed by atoms with Crippen LogP contribution in [0.3, 0.4) is 0 Å². The summed E-state index contributed by atoms with van der Waals surface area (Å²) in [6, 6.07) is 0. The Morgan fingerprint density at radius 3 is 2.11 bits per heavy atom. The van der Waals surface area contributed by atoms with Gasteiger partial charge in [-0.3, -0.25) is 0 Å². The fraction of sp³-hybridized carbons (Fsp3) is 1.00. The van der Waals surface area contributed by atoms with Crippen molar-refractivity contribution < 1.29 is 0 Å². The van der Waals surface area contributed by atoms with Crippen molar-refractivity contribution in [1.29, 1.82) is 0 Å². The Morgan fingerprint density at radius 1 is 1.11 bits per heavy atom. The first kappa shape index (κ1) is 18.9. The monoisotopic (exact) mass is 270 g/mol. The van der Waals surface area contributed by atoms with E-state index in [0.29, 0.717) is 5.41 Å². The van der Waals surface area contributed by atoms with Crippen molar-refractivity contribution >= 4 is 0 Å². The van der Waals surface area contributed by atoms with E-state index < -0.39 is 0 Å². The molecule has 0 aromatic heterocycles. The minimum atomic E-state index is 0.214. The molecule has 0 saturated carbocycles. The van der Waals surface area contributed by atoms with Gasteiger partial charge in [-0.1, -0.05) is 34.1 Å². The lowest BCUT2D eigenvalue weighted by atomic mass is 9.84. The van der Waals surface area contributed by atoms with Gasteiger partial charge >= 0.3 is 0 Å². The first-order valence-corrected chi connectivity index (χ1v) is 8.01. The third kappa shape index (κ3) is 10.4. The van der Waals surface area contributed by atoms with Crippen molar-refractivity contribution in [1.82, 2.24) is 10.2 Å². The molecule has 0 radical (unpaired) electrons. The summed E-state index contributed by atoms with van der Waals surface area (Å²) >= 11 is 0. The Hall–Kier alpha value is -0.0800. The molecule has 2 heteroatoms. The van der Waals surface area contributed by atoms with Gasteiger partial charge in [0.1, 0.15) is 0 Å². The summed E-state index contributed by atoms with van der Waals surface area (Å²) in [5.74, 6) is 0.799. The Kier molecular flexibility index (Phi) is 8.23. The molecule has 0 bridgehead atoms. The molecule has 19 heavy (non-hydrogen) atoms. The average molecular weight is 271 g/mol. The second-order valence-electron chi connectivity index (χ2n) is 8.08. The standard InChI is InChI=1S/C17H38N2/c1-9-11-17(7,13-18-16(4,5)6)14-19(8)12-10-15(2)3/h15,18H,9-14H2,1-8H3. The molecule has 116 valence electrons. The normalized spacial score (nSPS) is 16.1.